The van der Waals surface area contributed by atoms with Crippen LogP contribution in [0.1, 0.15) is 44.5 Å². The van der Waals surface area contributed by atoms with E-state index in [1.54, 1.807) is 12.1 Å². The lowest BCUT2D eigenvalue weighted by atomic mass is 9.88. The van der Waals surface area contributed by atoms with Crippen LogP contribution in [-0.2, 0) is 0 Å². The van der Waals surface area contributed by atoms with Gasteiger partial charge in [0.1, 0.15) is 12.1 Å². The molecule has 0 spiro atoms. The second kappa shape index (κ2) is 8.67. The average Bonchev–Trinajstić information content (AvgIpc) is 3.19. The summed E-state index contributed by atoms with van der Waals surface area (Å²) >= 11 is 6.38. The van der Waals surface area contributed by atoms with Crippen LogP contribution >= 0.6 is 11.6 Å². The number of ether oxygens (including phenoxy) is 1. The van der Waals surface area contributed by atoms with Crippen molar-refractivity contribution < 1.29 is 9.53 Å². The van der Waals surface area contributed by atoms with E-state index in [0.29, 0.717) is 40.4 Å². The van der Waals surface area contributed by atoms with E-state index in [-0.39, 0.29) is 11.4 Å². The zero-order chi connectivity index (χ0) is 21.2. The fraction of sp³-hybridized carbons (Fsp3) is 0.600. The maximum Gasteiger partial charge on any atom is 0.255 e. The SMILES string of the molecule is COc1cc(-n2cnnn2)c(Cl)cc1C(=O)NCC(C)(C)N1CC(C)CC(C)C1. The Morgan fingerprint density at radius 2 is 2.00 bits per heavy atom. The van der Waals surface area contributed by atoms with Crippen LogP contribution < -0.4 is 10.1 Å². The molecule has 1 fully saturated rings. The third kappa shape index (κ3) is 4.87. The van der Waals surface area contributed by atoms with E-state index >= 15 is 0 Å². The molecule has 9 heteroatoms. The van der Waals surface area contributed by atoms with Gasteiger partial charge in [-0.1, -0.05) is 25.4 Å². The molecule has 0 aliphatic carbocycles. The zero-order valence-electron chi connectivity index (χ0n) is 17.6. The largest absolute Gasteiger partial charge is 0.496 e. The summed E-state index contributed by atoms with van der Waals surface area (Å²) < 4.78 is 6.85. The highest BCUT2D eigenvalue weighted by Gasteiger charge is 2.33. The number of benzene rings is 1. The van der Waals surface area contributed by atoms with E-state index in [9.17, 15) is 4.79 Å². The monoisotopic (exact) mass is 420 g/mol. The Balaban J connectivity index is 1.74. The van der Waals surface area contributed by atoms with Gasteiger partial charge >= 0.3 is 0 Å². The van der Waals surface area contributed by atoms with Gasteiger partial charge in [-0.3, -0.25) is 9.69 Å². The lowest BCUT2D eigenvalue weighted by molar-refractivity contribution is 0.0444. The van der Waals surface area contributed by atoms with Crippen LogP contribution in [0.15, 0.2) is 18.5 Å². The summed E-state index contributed by atoms with van der Waals surface area (Å²) in [5.74, 6) is 1.51. The molecule has 2 unspecified atom stereocenters. The molecule has 1 saturated heterocycles. The van der Waals surface area contributed by atoms with Gasteiger partial charge in [0.2, 0.25) is 0 Å². The number of aromatic nitrogens is 4. The maximum atomic E-state index is 12.9. The van der Waals surface area contributed by atoms with E-state index in [1.165, 1.54) is 24.5 Å². The van der Waals surface area contributed by atoms with Crippen molar-refractivity contribution in [3.8, 4) is 11.4 Å². The van der Waals surface area contributed by atoms with Crippen LogP contribution in [0, 0.1) is 11.8 Å². The van der Waals surface area contributed by atoms with Gasteiger partial charge < -0.3 is 10.1 Å². The Labute approximate surface area is 176 Å². The highest BCUT2D eigenvalue weighted by Crippen LogP contribution is 2.30. The number of hydrogen-bond donors (Lipinski definition) is 1. The molecule has 1 aliphatic heterocycles. The molecule has 1 N–H and O–H groups in total. The third-order valence-corrected chi connectivity index (χ3v) is 5.82. The summed E-state index contributed by atoms with van der Waals surface area (Å²) in [6.07, 6.45) is 2.69. The van der Waals surface area contributed by atoms with Gasteiger partial charge in [0, 0.05) is 31.2 Å². The van der Waals surface area contributed by atoms with Gasteiger partial charge in [0.15, 0.2) is 0 Å². The Kier molecular flexibility index (Phi) is 6.43. The number of methoxy groups -OCH3 is 1. The predicted molar refractivity (Wildman–Crippen MR) is 112 cm³/mol. The molecule has 29 heavy (non-hydrogen) atoms. The lowest BCUT2D eigenvalue weighted by Gasteiger charge is -2.45. The summed E-state index contributed by atoms with van der Waals surface area (Å²) in [5.41, 5.74) is 0.773. The summed E-state index contributed by atoms with van der Waals surface area (Å²) in [4.78, 5) is 15.4. The quantitative estimate of drug-likeness (QED) is 0.773. The van der Waals surface area contributed by atoms with Crippen molar-refractivity contribution in [1.29, 1.82) is 0 Å². The number of piperidine rings is 1. The van der Waals surface area contributed by atoms with Crippen LogP contribution in [0.5, 0.6) is 5.75 Å². The molecule has 1 aliphatic rings. The molecule has 0 saturated carbocycles. The van der Waals surface area contributed by atoms with Crippen LogP contribution in [0.25, 0.3) is 5.69 Å². The number of nitrogens with zero attached hydrogens (tertiary/aromatic N) is 5. The number of tetrazole rings is 1. The number of halogens is 1. The molecule has 0 radical (unpaired) electrons. The van der Waals surface area contributed by atoms with Gasteiger partial charge in [-0.25, -0.2) is 0 Å². The van der Waals surface area contributed by atoms with Crippen molar-refractivity contribution in [3.05, 3.63) is 29.0 Å². The molecule has 8 nitrogen and oxygen atoms in total. The fourth-order valence-corrected chi connectivity index (χ4v) is 4.25. The molecule has 1 amide bonds. The van der Waals surface area contributed by atoms with Crippen molar-refractivity contribution in [2.75, 3.05) is 26.7 Å². The van der Waals surface area contributed by atoms with Crippen molar-refractivity contribution in [2.45, 2.75) is 39.7 Å². The first-order valence-corrected chi connectivity index (χ1v) is 10.2. The zero-order valence-corrected chi connectivity index (χ0v) is 18.4. The van der Waals surface area contributed by atoms with Gasteiger partial charge in [0.05, 0.1) is 23.4 Å². The second-order valence-corrected chi connectivity index (χ2v) is 9.01. The minimum Gasteiger partial charge on any atom is -0.496 e. The maximum absolute atomic E-state index is 12.9. The molecule has 2 atom stereocenters. The average molecular weight is 421 g/mol. The first-order valence-electron chi connectivity index (χ1n) is 9.85. The highest BCUT2D eigenvalue weighted by atomic mass is 35.5. The Bertz CT molecular complexity index is 845. The van der Waals surface area contributed by atoms with Crippen molar-refractivity contribution in [3.63, 3.8) is 0 Å². The van der Waals surface area contributed by atoms with Crippen molar-refractivity contribution in [2.24, 2.45) is 11.8 Å². The fourth-order valence-electron chi connectivity index (χ4n) is 4.00. The molecule has 158 valence electrons. The lowest BCUT2D eigenvalue weighted by Crippen LogP contribution is -2.56. The normalized spacial score (nSPS) is 20.5. The number of hydrogen-bond acceptors (Lipinski definition) is 6. The summed E-state index contributed by atoms with van der Waals surface area (Å²) in [5, 5.41) is 14.5. The first-order chi connectivity index (χ1) is 13.7. The van der Waals surface area contributed by atoms with Crippen LogP contribution in [0.2, 0.25) is 5.02 Å². The van der Waals surface area contributed by atoms with Crippen molar-refractivity contribution >= 4 is 17.5 Å². The van der Waals surface area contributed by atoms with Gasteiger partial charge in [0.25, 0.3) is 5.91 Å². The number of rotatable bonds is 6. The molecule has 2 heterocycles. The van der Waals surface area contributed by atoms with E-state index in [1.807, 2.05) is 0 Å². The van der Waals surface area contributed by atoms with Crippen LogP contribution in [0.4, 0.5) is 0 Å². The van der Waals surface area contributed by atoms with Crippen LogP contribution in [-0.4, -0.2) is 63.3 Å². The molecular formula is C20H29ClN6O2. The van der Waals surface area contributed by atoms with Crippen LogP contribution in [0.3, 0.4) is 0 Å². The topological polar surface area (TPSA) is 85.2 Å². The Morgan fingerprint density at radius 1 is 1.31 bits per heavy atom. The summed E-state index contributed by atoms with van der Waals surface area (Å²) in [7, 11) is 1.52. The van der Waals surface area contributed by atoms with Gasteiger partial charge in [-0.2, -0.15) is 4.68 Å². The minimum absolute atomic E-state index is 0.151. The smallest absolute Gasteiger partial charge is 0.255 e. The van der Waals surface area contributed by atoms with E-state index in [0.717, 1.165) is 13.1 Å². The van der Waals surface area contributed by atoms with Crippen molar-refractivity contribution in [1.82, 2.24) is 30.4 Å². The molecule has 3 rings (SSSR count). The summed E-state index contributed by atoms with van der Waals surface area (Å²) in [6.45, 7) is 11.5. The molecule has 2 aromatic rings. The highest BCUT2D eigenvalue weighted by molar-refractivity contribution is 6.33. The van der Waals surface area contributed by atoms with Gasteiger partial charge in [-0.15, -0.1) is 5.10 Å². The molecule has 1 aromatic carbocycles. The molecule has 1 aromatic heterocycles. The number of amides is 1. The number of likely N-dealkylation sites (tertiary alicyclic amines) is 1. The van der Waals surface area contributed by atoms with Gasteiger partial charge in [-0.05, 0) is 48.6 Å². The number of nitrogens with one attached hydrogen (secondary N) is 1. The van der Waals surface area contributed by atoms with E-state index in [2.05, 4.69) is 53.4 Å². The Hall–Kier alpha value is -2.19. The second-order valence-electron chi connectivity index (χ2n) is 8.60. The standard InChI is InChI=1S/C20H29ClN6O2/c1-13-6-14(2)10-26(9-13)20(3,4)11-22-19(28)15-7-16(21)17(8-18(15)29-5)27-12-23-24-25-27/h7-8,12-14H,6,9-11H2,1-5H3,(H,22,28). The third-order valence-electron chi connectivity index (χ3n) is 5.52. The predicted octanol–water partition coefficient (Wildman–Crippen LogP) is 2.81. The minimum atomic E-state index is -0.224. The Morgan fingerprint density at radius 3 is 2.59 bits per heavy atom. The summed E-state index contributed by atoms with van der Waals surface area (Å²) in [6, 6.07) is 3.25. The molecular weight excluding hydrogens is 392 g/mol. The van der Waals surface area contributed by atoms with E-state index in [4.69, 9.17) is 16.3 Å². The molecule has 0 bridgehead atoms. The first kappa shape index (κ1) is 21.5. The van der Waals surface area contributed by atoms with E-state index < -0.39 is 0 Å². The number of carbonyl (C=O) groups is 1. The number of carbonyl (C=O) groups excluding carboxylic acids is 1.